The molecule has 0 spiro atoms. The number of hydrogen-bond acceptors (Lipinski definition) is 1. The molecule has 1 aromatic carbocycles. The molecule has 0 atom stereocenters. The van der Waals surface area contributed by atoms with Crippen LogP contribution in [0.1, 0.15) is 93.5 Å². The smallest absolute Gasteiger partial charge is 0.287 e. The van der Waals surface area contributed by atoms with Crippen molar-refractivity contribution in [2.75, 3.05) is 0 Å². The Kier molecular flexibility index (Phi) is 6.14. The lowest BCUT2D eigenvalue weighted by atomic mass is 9.68. The number of rotatable bonds is 5. The molecule has 144 valence electrons. The van der Waals surface area contributed by atoms with Crippen molar-refractivity contribution in [1.29, 1.82) is 0 Å². The summed E-state index contributed by atoms with van der Waals surface area (Å²) < 4.78 is 26.3. The molecule has 3 rings (SSSR count). The van der Waals surface area contributed by atoms with E-state index in [9.17, 15) is 13.6 Å². The minimum absolute atomic E-state index is 0.114. The van der Waals surface area contributed by atoms with Gasteiger partial charge in [0.15, 0.2) is 0 Å². The van der Waals surface area contributed by atoms with E-state index in [1.807, 2.05) is 12.1 Å². The molecule has 2 aliphatic carbocycles. The van der Waals surface area contributed by atoms with Gasteiger partial charge in [0.2, 0.25) is 5.78 Å². The van der Waals surface area contributed by atoms with Gasteiger partial charge in [0, 0.05) is 12.5 Å². The number of ketones is 1. The van der Waals surface area contributed by atoms with Crippen LogP contribution >= 0.6 is 0 Å². The molecule has 1 aromatic rings. The molecular weight excluding hydrogens is 330 g/mol. The Balaban J connectivity index is 1.53. The van der Waals surface area contributed by atoms with Gasteiger partial charge < -0.3 is 0 Å². The lowest BCUT2D eigenvalue weighted by Gasteiger charge is -2.38. The monoisotopic (exact) mass is 362 g/mol. The van der Waals surface area contributed by atoms with Crippen LogP contribution in [0.4, 0.5) is 8.78 Å². The Morgan fingerprint density at radius 3 is 1.88 bits per heavy atom. The second-order valence-corrected chi connectivity index (χ2v) is 8.64. The summed E-state index contributed by atoms with van der Waals surface area (Å²) in [5.74, 6) is -1.11. The Labute approximate surface area is 156 Å². The molecule has 2 fully saturated rings. The van der Waals surface area contributed by atoms with Crippen molar-refractivity contribution < 1.29 is 13.6 Å². The Bertz CT molecular complexity index is 586. The molecule has 0 amide bonds. The zero-order valence-electron chi connectivity index (χ0n) is 16.1. The van der Waals surface area contributed by atoms with Gasteiger partial charge in [-0.15, -0.1) is 0 Å². The molecule has 2 aliphatic rings. The van der Waals surface area contributed by atoms with E-state index in [0.29, 0.717) is 12.8 Å². The number of halogens is 2. The van der Waals surface area contributed by atoms with Crippen LogP contribution in [0, 0.1) is 17.8 Å². The molecular formula is C23H32F2O. The van der Waals surface area contributed by atoms with Crippen LogP contribution in [0.3, 0.4) is 0 Å². The highest BCUT2D eigenvalue weighted by molar-refractivity contribution is 6.01. The van der Waals surface area contributed by atoms with Crippen molar-refractivity contribution in [3.8, 4) is 0 Å². The van der Waals surface area contributed by atoms with Gasteiger partial charge in [-0.05, 0) is 67.8 Å². The van der Waals surface area contributed by atoms with E-state index >= 15 is 0 Å². The summed E-state index contributed by atoms with van der Waals surface area (Å²) in [6.07, 6.45) is 12.0. The molecule has 0 aliphatic heterocycles. The molecule has 0 aromatic heterocycles. The van der Waals surface area contributed by atoms with E-state index in [1.54, 1.807) is 12.1 Å². The van der Waals surface area contributed by atoms with E-state index in [-0.39, 0.29) is 5.56 Å². The first-order valence-electron chi connectivity index (χ1n) is 10.4. The minimum Gasteiger partial charge on any atom is -0.287 e. The summed E-state index contributed by atoms with van der Waals surface area (Å²) in [6.45, 7) is 2.98. The van der Waals surface area contributed by atoms with Crippen molar-refractivity contribution in [1.82, 2.24) is 0 Å². The molecule has 26 heavy (non-hydrogen) atoms. The third-order valence-corrected chi connectivity index (χ3v) is 6.95. The molecule has 0 radical (unpaired) electrons. The lowest BCUT2D eigenvalue weighted by molar-refractivity contribution is 0.0221. The van der Waals surface area contributed by atoms with Crippen molar-refractivity contribution >= 4 is 5.78 Å². The maximum atomic E-state index is 13.2. The second kappa shape index (κ2) is 8.19. The van der Waals surface area contributed by atoms with Gasteiger partial charge in [0.25, 0.3) is 0 Å². The van der Waals surface area contributed by atoms with Gasteiger partial charge in [-0.25, -0.2) is 0 Å². The average Bonchev–Trinajstić information content (AvgIpc) is 2.67. The summed E-state index contributed by atoms with van der Waals surface area (Å²) in [4.78, 5) is 11.7. The Morgan fingerprint density at radius 1 is 0.923 bits per heavy atom. The predicted molar refractivity (Wildman–Crippen MR) is 102 cm³/mol. The first-order valence-corrected chi connectivity index (χ1v) is 10.4. The van der Waals surface area contributed by atoms with E-state index in [1.165, 1.54) is 63.4 Å². The quantitative estimate of drug-likeness (QED) is 0.515. The molecule has 1 nitrogen and oxygen atoms in total. The van der Waals surface area contributed by atoms with Crippen LogP contribution in [0.15, 0.2) is 24.3 Å². The third-order valence-electron chi connectivity index (χ3n) is 6.95. The first kappa shape index (κ1) is 19.5. The molecule has 3 heteroatoms. The SMILES string of the molecule is CC[C@H]1CC[C@H](C2CCC(c3ccc(C(=O)C(C)(F)F)cc3)CC2)CC1. The lowest BCUT2D eigenvalue weighted by Crippen LogP contribution is -2.25. The van der Waals surface area contributed by atoms with Crippen molar-refractivity contribution in [2.24, 2.45) is 17.8 Å². The summed E-state index contributed by atoms with van der Waals surface area (Å²) in [6, 6.07) is 6.92. The van der Waals surface area contributed by atoms with E-state index in [0.717, 1.165) is 17.8 Å². The maximum absolute atomic E-state index is 13.2. The minimum atomic E-state index is -3.30. The largest absolute Gasteiger partial charge is 0.307 e. The second-order valence-electron chi connectivity index (χ2n) is 8.64. The van der Waals surface area contributed by atoms with Crippen LogP contribution in [-0.4, -0.2) is 11.7 Å². The van der Waals surface area contributed by atoms with Crippen LogP contribution in [0.25, 0.3) is 0 Å². The van der Waals surface area contributed by atoms with Gasteiger partial charge in [-0.1, -0.05) is 50.5 Å². The fourth-order valence-corrected chi connectivity index (χ4v) is 5.15. The molecule has 0 heterocycles. The number of Topliss-reactive ketones (excluding diaryl/α,β-unsaturated/α-hetero) is 1. The van der Waals surface area contributed by atoms with Gasteiger partial charge >= 0.3 is 5.92 Å². The summed E-state index contributed by atoms with van der Waals surface area (Å²) in [5, 5.41) is 0. The molecule has 0 unspecified atom stereocenters. The number of alkyl halides is 2. The molecule has 2 saturated carbocycles. The normalized spacial score (nSPS) is 30.2. The Morgan fingerprint density at radius 2 is 1.42 bits per heavy atom. The fourth-order valence-electron chi connectivity index (χ4n) is 5.15. The van der Waals surface area contributed by atoms with Gasteiger partial charge in [0.1, 0.15) is 0 Å². The van der Waals surface area contributed by atoms with Gasteiger partial charge in [-0.2, -0.15) is 8.78 Å². The van der Waals surface area contributed by atoms with E-state index in [2.05, 4.69) is 6.92 Å². The molecule has 0 saturated heterocycles. The highest BCUT2D eigenvalue weighted by Gasteiger charge is 2.34. The van der Waals surface area contributed by atoms with E-state index < -0.39 is 11.7 Å². The third kappa shape index (κ3) is 4.53. The first-order chi connectivity index (χ1) is 12.4. The van der Waals surface area contributed by atoms with Crippen molar-refractivity contribution in [2.45, 2.75) is 83.5 Å². The number of carbonyl (C=O) groups is 1. The van der Waals surface area contributed by atoms with Crippen LogP contribution in [0.2, 0.25) is 0 Å². The number of carbonyl (C=O) groups excluding carboxylic acids is 1. The Hall–Kier alpha value is -1.25. The van der Waals surface area contributed by atoms with Crippen LogP contribution < -0.4 is 0 Å². The van der Waals surface area contributed by atoms with Crippen molar-refractivity contribution in [3.05, 3.63) is 35.4 Å². The molecule has 0 bridgehead atoms. The maximum Gasteiger partial charge on any atom is 0.307 e. The zero-order chi connectivity index (χ0) is 18.7. The predicted octanol–water partition coefficient (Wildman–Crippen LogP) is 7.01. The van der Waals surface area contributed by atoms with Crippen molar-refractivity contribution in [3.63, 3.8) is 0 Å². The van der Waals surface area contributed by atoms with Crippen LogP contribution in [0.5, 0.6) is 0 Å². The highest BCUT2D eigenvalue weighted by Crippen LogP contribution is 2.44. The molecule has 0 N–H and O–H groups in total. The van der Waals surface area contributed by atoms with Crippen LogP contribution in [-0.2, 0) is 0 Å². The average molecular weight is 363 g/mol. The fraction of sp³-hybridized carbons (Fsp3) is 0.696. The van der Waals surface area contributed by atoms with Gasteiger partial charge in [0.05, 0.1) is 0 Å². The highest BCUT2D eigenvalue weighted by atomic mass is 19.3. The van der Waals surface area contributed by atoms with Gasteiger partial charge in [-0.3, -0.25) is 4.79 Å². The summed E-state index contributed by atoms with van der Waals surface area (Å²) >= 11 is 0. The zero-order valence-corrected chi connectivity index (χ0v) is 16.1. The summed E-state index contributed by atoms with van der Waals surface area (Å²) in [7, 11) is 0. The number of hydrogen-bond donors (Lipinski definition) is 0. The number of benzene rings is 1. The summed E-state index contributed by atoms with van der Waals surface area (Å²) in [5.41, 5.74) is 1.32. The standard InChI is InChI=1S/C23H32F2O/c1-3-16-4-6-17(7-5-16)18-8-10-19(11-9-18)20-12-14-21(15-13-20)22(26)23(2,24)25/h12-19H,3-11H2,1-2H3/t16-,17-,18?,19?. The topological polar surface area (TPSA) is 17.1 Å². The van der Waals surface area contributed by atoms with E-state index in [4.69, 9.17) is 0 Å².